The summed E-state index contributed by atoms with van der Waals surface area (Å²) in [7, 11) is 2.57. The number of carbonyl (C=O) groups is 2. The first-order valence-electron chi connectivity index (χ1n) is 4.29. The summed E-state index contributed by atoms with van der Waals surface area (Å²) in [6.07, 6.45) is 1.26. The normalized spacial score (nSPS) is 10.7. The highest BCUT2D eigenvalue weighted by atomic mass is 79.9. The van der Waals surface area contributed by atoms with E-state index in [1.165, 1.54) is 20.3 Å². The predicted octanol–water partition coefficient (Wildman–Crippen LogP) is 0.591. The third kappa shape index (κ3) is 6.96. The predicted molar refractivity (Wildman–Crippen MR) is 58.5 cm³/mol. The molecule has 0 fully saturated rings. The van der Waals surface area contributed by atoms with Gasteiger partial charge in [-0.25, -0.2) is 4.79 Å². The number of halogens is 1. The van der Waals surface area contributed by atoms with Crippen LogP contribution in [0.5, 0.6) is 0 Å². The number of nitrogens with one attached hydrogen (secondary N) is 1. The first kappa shape index (κ1) is 14.0. The summed E-state index contributed by atoms with van der Waals surface area (Å²) in [5.74, 6) is -0.914. The molecule has 0 aromatic carbocycles. The topological polar surface area (TPSA) is 64.6 Å². The Bertz CT molecular complexity index is 252. The zero-order valence-electron chi connectivity index (χ0n) is 8.71. The summed E-state index contributed by atoms with van der Waals surface area (Å²) >= 11 is 3.22. The Morgan fingerprint density at radius 2 is 2.00 bits per heavy atom. The van der Waals surface area contributed by atoms with Crippen molar-refractivity contribution in [3.05, 3.63) is 11.8 Å². The third-order valence-electron chi connectivity index (χ3n) is 1.50. The third-order valence-corrected chi connectivity index (χ3v) is 1.90. The molecule has 5 nitrogen and oxygen atoms in total. The van der Waals surface area contributed by atoms with E-state index in [0.29, 0.717) is 17.6 Å². The summed E-state index contributed by atoms with van der Waals surface area (Å²) < 4.78 is 8.95. The molecule has 0 atom stereocenters. The van der Waals surface area contributed by atoms with Crippen molar-refractivity contribution in [3.63, 3.8) is 0 Å². The maximum Gasteiger partial charge on any atom is 0.332 e. The van der Waals surface area contributed by atoms with Crippen LogP contribution in [-0.4, -0.2) is 38.0 Å². The van der Waals surface area contributed by atoms with Crippen LogP contribution in [0.15, 0.2) is 11.8 Å². The second-order valence-corrected chi connectivity index (χ2v) is 3.35. The standard InChI is InChI=1S/C9H14BrNO4/c1-14-8(12)5-7(11-4-3-10)6-9(13)15-2/h5,11H,3-4,6H2,1-2H3/b7-5-. The van der Waals surface area contributed by atoms with Crippen molar-refractivity contribution < 1.29 is 19.1 Å². The lowest BCUT2D eigenvalue weighted by atomic mass is 10.3. The lowest BCUT2D eigenvalue weighted by molar-refractivity contribution is -0.139. The molecule has 0 radical (unpaired) electrons. The SMILES string of the molecule is COC(=O)/C=C(/CC(=O)OC)NCCBr. The number of alkyl halides is 1. The Hall–Kier alpha value is -1.04. The van der Waals surface area contributed by atoms with Gasteiger partial charge in [-0.15, -0.1) is 0 Å². The molecule has 0 aliphatic heterocycles. The zero-order chi connectivity index (χ0) is 11.7. The van der Waals surface area contributed by atoms with Crippen LogP contribution in [0.25, 0.3) is 0 Å². The van der Waals surface area contributed by atoms with Crippen molar-refractivity contribution in [2.75, 3.05) is 26.1 Å². The molecule has 0 heterocycles. The highest BCUT2D eigenvalue weighted by molar-refractivity contribution is 9.09. The molecule has 0 unspecified atom stereocenters. The average Bonchev–Trinajstić information content (AvgIpc) is 2.25. The van der Waals surface area contributed by atoms with E-state index in [9.17, 15) is 9.59 Å². The van der Waals surface area contributed by atoms with Crippen molar-refractivity contribution in [2.24, 2.45) is 0 Å². The molecule has 0 aromatic heterocycles. The van der Waals surface area contributed by atoms with Gasteiger partial charge in [0.1, 0.15) is 0 Å². The molecule has 0 bridgehead atoms. The van der Waals surface area contributed by atoms with Crippen molar-refractivity contribution in [1.29, 1.82) is 0 Å². The second-order valence-electron chi connectivity index (χ2n) is 2.56. The second kappa shape index (κ2) is 8.28. The van der Waals surface area contributed by atoms with Gasteiger partial charge in [0.2, 0.25) is 0 Å². The van der Waals surface area contributed by atoms with E-state index in [-0.39, 0.29) is 6.42 Å². The fraction of sp³-hybridized carbons (Fsp3) is 0.556. The molecule has 86 valence electrons. The number of rotatable bonds is 6. The van der Waals surface area contributed by atoms with Gasteiger partial charge in [0, 0.05) is 23.6 Å². The van der Waals surface area contributed by atoms with Crippen LogP contribution in [0.4, 0.5) is 0 Å². The quantitative estimate of drug-likeness (QED) is 0.438. The van der Waals surface area contributed by atoms with E-state index in [1.54, 1.807) is 0 Å². The first-order valence-corrected chi connectivity index (χ1v) is 5.41. The zero-order valence-corrected chi connectivity index (χ0v) is 10.3. The van der Waals surface area contributed by atoms with Gasteiger partial charge in [-0.1, -0.05) is 15.9 Å². The van der Waals surface area contributed by atoms with Crippen molar-refractivity contribution in [3.8, 4) is 0 Å². The van der Waals surface area contributed by atoms with Crippen LogP contribution in [0.1, 0.15) is 6.42 Å². The van der Waals surface area contributed by atoms with Gasteiger partial charge in [-0.3, -0.25) is 4.79 Å². The van der Waals surface area contributed by atoms with Gasteiger partial charge in [-0.05, 0) is 0 Å². The number of hydrogen-bond acceptors (Lipinski definition) is 5. The van der Waals surface area contributed by atoms with Crippen molar-refractivity contribution in [2.45, 2.75) is 6.42 Å². The molecular formula is C9H14BrNO4. The van der Waals surface area contributed by atoms with Gasteiger partial charge in [0.25, 0.3) is 0 Å². The van der Waals surface area contributed by atoms with Crippen LogP contribution >= 0.6 is 15.9 Å². The lowest BCUT2D eigenvalue weighted by Gasteiger charge is -2.07. The molecule has 0 aliphatic rings. The Morgan fingerprint density at radius 1 is 1.33 bits per heavy atom. The summed E-state index contributed by atoms with van der Waals surface area (Å²) in [4.78, 5) is 21.9. The highest BCUT2D eigenvalue weighted by Gasteiger charge is 2.07. The van der Waals surface area contributed by atoms with Crippen LogP contribution < -0.4 is 5.32 Å². The molecule has 0 amide bonds. The minimum Gasteiger partial charge on any atom is -0.469 e. The minimum atomic E-state index is -0.504. The maximum absolute atomic E-state index is 11.0. The van der Waals surface area contributed by atoms with Gasteiger partial charge in [0.05, 0.1) is 20.6 Å². The molecule has 0 rings (SSSR count). The minimum absolute atomic E-state index is 0.0264. The largest absolute Gasteiger partial charge is 0.469 e. The molecular weight excluding hydrogens is 266 g/mol. The monoisotopic (exact) mass is 279 g/mol. The number of carbonyl (C=O) groups excluding carboxylic acids is 2. The summed E-state index contributed by atoms with van der Waals surface area (Å²) in [6, 6.07) is 0. The summed E-state index contributed by atoms with van der Waals surface area (Å²) in [6.45, 7) is 0.611. The lowest BCUT2D eigenvalue weighted by Crippen LogP contribution is -2.20. The van der Waals surface area contributed by atoms with E-state index in [1.807, 2.05) is 0 Å². The molecule has 0 saturated carbocycles. The van der Waals surface area contributed by atoms with Gasteiger partial charge in [0.15, 0.2) is 0 Å². The van der Waals surface area contributed by atoms with Crippen molar-refractivity contribution in [1.82, 2.24) is 5.32 Å². The Labute approximate surface area is 96.9 Å². The Balaban J connectivity index is 4.35. The smallest absolute Gasteiger partial charge is 0.332 e. The number of esters is 2. The van der Waals surface area contributed by atoms with Gasteiger partial charge >= 0.3 is 11.9 Å². The van der Waals surface area contributed by atoms with E-state index >= 15 is 0 Å². The van der Waals surface area contributed by atoms with Crippen LogP contribution in [-0.2, 0) is 19.1 Å². The Morgan fingerprint density at radius 3 is 2.47 bits per heavy atom. The van der Waals surface area contributed by atoms with Crippen molar-refractivity contribution >= 4 is 27.9 Å². The summed E-state index contributed by atoms with van der Waals surface area (Å²) in [5, 5.41) is 3.63. The van der Waals surface area contributed by atoms with Crippen LogP contribution in [0.2, 0.25) is 0 Å². The van der Waals surface area contributed by atoms with E-state index in [0.717, 1.165) is 0 Å². The molecule has 0 aliphatic carbocycles. The molecule has 6 heteroatoms. The Kier molecular flexibility index (Phi) is 7.71. The van der Waals surface area contributed by atoms with Gasteiger partial charge in [-0.2, -0.15) is 0 Å². The molecule has 15 heavy (non-hydrogen) atoms. The molecule has 1 N–H and O–H groups in total. The van der Waals surface area contributed by atoms with Gasteiger partial charge < -0.3 is 14.8 Å². The van der Waals surface area contributed by atoms with E-state index < -0.39 is 11.9 Å². The van der Waals surface area contributed by atoms with Crippen LogP contribution in [0.3, 0.4) is 0 Å². The average molecular weight is 280 g/mol. The maximum atomic E-state index is 11.0. The number of ether oxygens (including phenoxy) is 2. The fourth-order valence-electron chi connectivity index (χ4n) is 0.801. The molecule has 0 aromatic rings. The molecule has 0 saturated heterocycles. The highest BCUT2D eigenvalue weighted by Crippen LogP contribution is 1.99. The first-order chi connectivity index (χ1) is 7.13. The van der Waals surface area contributed by atoms with E-state index in [2.05, 4.69) is 30.7 Å². The number of hydrogen-bond donors (Lipinski definition) is 1. The van der Waals surface area contributed by atoms with E-state index in [4.69, 9.17) is 0 Å². The molecule has 0 spiro atoms. The van der Waals surface area contributed by atoms with Crippen LogP contribution in [0, 0.1) is 0 Å². The number of methoxy groups -OCH3 is 2. The summed E-state index contributed by atoms with van der Waals surface area (Å²) in [5.41, 5.74) is 0.480. The fourth-order valence-corrected chi connectivity index (χ4v) is 0.999.